The van der Waals surface area contributed by atoms with Crippen molar-refractivity contribution in [2.45, 2.75) is 63.2 Å². The number of nitrogens with zero attached hydrogens (tertiary/aromatic N) is 1. The molecule has 0 spiro atoms. The molecular weight excluding hydrogens is 368 g/mol. The quantitative estimate of drug-likeness (QED) is 0.646. The van der Waals surface area contributed by atoms with Crippen molar-refractivity contribution in [2.24, 2.45) is 17.6 Å². The van der Waals surface area contributed by atoms with Crippen molar-refractivity contribution >= 4 is 17.7 Å². The van der Waals surface area contributed by atoms with E-state index in [1.54, 1.807) is 4.90 Å². The van der Waals surface area contributed by atoms with Crippen molar-refractivity contribution in [3.8, 4) is 0 Å². The zero-order valence-electron chi connectivity index (χ0n) is 16.6. The van der Waals surface area contributed by atoms with Crippen molar-refractivity contribution in [1.82, 2.24) is 15.5 Å². The van der Waals surface area contributed by atoms with E-state index in [1.165, 1.54) is 19.3 Å². The van der Waals surface area contributed by atoms with E-state index < -0.39 is 6.04 Å². The van der Waals surface area contributed by atoms with E-state index in [4.69, 9.17) is 5.73 Å². The molecule has 0 aromatic heterocycles. The summed E-state index contributed by atoms with van der Waals surface area (Å²) in [6.45, 7) is 1.65. The lowest BCUT2D eigenvalue weighted by molar-refractivity contribution is -0.136. The lowest BCUT2D eigenvalue weighted by Crippen LogP contribution is -2.54. The molecule has 3 fully saturated rings. The number of nitrogens with two attached hydrogens (primary N) is 1. The van der Waals surface area contributed by atoms with Gasteiger partial charge in [0.15, 0.2) is 0 Å². The third-order valence-electron chi connectivity index (χ3n) is 7.61. The van der Waals surface area contributed by atoms with Crippen LogP contribution >= 0.6 is 0 Å². The number of nitrogens with one attached hydrogen (secondary N) is 2. The van der Waals surface area contributed by atoms with Gasteiger partial charge in [-0.15, -0.1) is 0 Å². The van der Waals surface area contributed by atoms with Gasteiger partial charge in [0, 0.05) is 37.2 Å². The summed E-state index contributed by atoms with van der Waals surface area (Å²) in [6.07, 6.45) is 5.60. The van der Waals surface area contributed by atoms with Crippen LogP contribution in [0.5, 0.6) is 0 Å². The molecule has 4 N–H and O–H groups in total. The predicted molar refractivity (Wildman–Crippen MR) is 107 cm³/mol. The summed E-state index contributed by atoms with van der Waals surface area (Å²) < 4.78 is 0. The lowest BCUT2D eigenvalue weighted by atomic mass is 9.80. The van der Waals surface area contributed by atoms with Crippen molar-refractivity contribution in [2.75, 3.05) is 6.54 Å². The highest BCUT2D eigenvalue weighted by molar-refractivity contribution is 6.05. The topological polar surface area (TPSA) is 105 Å². The van der Waals surface area contributed by atoms with Crippen LogP contribution < -0.4 is 16.4 Å². The molecule has 2 saturated carbocycles. The molecule has 0 radical (unpaired) electrons. The van der Waals surface area contributed by atoms with Gasteiger partial charge in [0.25, 0.3) is 5.91 Å². The molecular formula is C22H28N4O3. The van der Waals surface area contributed by atoms with Crippen molar-refractivity contribution < 1.29 is 14.4 Å². The molecule has 29 heavy (non-hydrogen) atoms. The van der Waals surface area contributed by atoms with Crippen molar-refractivity contribution in [3.05, 3.63) is 34.9 Å². The Bertz CT molecular complexity index is 885. The largest absolute Gasteiger partial charge is 0.329 e. The zero-order chi connectivity index (χ0) is 20.2. The molecule has 7 heteroatoms. The fourth-order valence-corrected chi connectivity index (χ4v) is 6.09. The molecule has 2 bridgehead atoms. The molecule has 2 heterocycles. The number of carbonyl (C=O) groups is 3. The van der Waals surface area contributed by atoms with Gasteiger partial charge in [-0.25, -0.2) is 0 Å². The monoisotopic (exact) mass is 396 g/mol. The van der Waals surface area contributed by atoms with E-state index in [-0.39, 0.29) is 29.7 Å². The molecule has 1 aromatic carbocycles. The van der Waals surface area contributed by atoms with E-state index >= 15 is 0 Å². The number of rotatable bonds is 5. The Morgan fingerprint density at radius 3 is 2.76 bits per heavy atom. The summed E-state index contributed by atoms with van der Waals surface area (Å²) in [7, 11) is 0. The van der Waals surface area contributed by atoms with Crippen molar-refractivity contribution in [1.29, 1.82) is 0 Å². The Kier molecular flexibility index (Phi) is 4.47. The molecule has 5 rings (SSSR count). The minimum absolute atomic E-state index is 0.0173. The maximum Gasteiger partial charge on any atom is 0.255 e. The van der Waals surface area contributed by atoms with Crippen LogP contribution in [0.3, 0.4) is 0 Å². The Morgan fingerprint density at radius 1 is 1.21 bits per heavy atom. The van der Waals surface area contributed by atoms with Gasteiger partial charge in [-0.05, 0) is 48.6 Å². The first kappa shape index (κ1) is 18.8. The average Bonchev–Trinajstić information content (AvgIpc) is 3.40. The number of imide groups is 1. The first-order valence-electron chi connectivity index (χ1n) is 10.7. The number of benzene rings is 1. The van der Waals surface area contributed by atoms with Crippen LogP contribution in [0.2, 0.25) is 0 Å². The van der Waals surface area contributed by atoms with Crippen LogP contribution in [0, 0.1) is 11.8 Å². The highest BCUT2D eigenvalue weighted by atomic mass is 16.2. The second-order valence-electron chi connectivity index (χ2n) is 9.15. The molecule has 4 aliphatic rings. The van der Waals surface area contributed by atoms with Crippen LogP contribution in [0.15, 0.2) is 18.2 Å². The summed E-state index contributed by atoms with van der Waals surface area (Å²) >= 11 is 0. The lowest BCUT2D eigenvalue weighted by Gasteiger charge is -2.38. The van der Waals surface area contributed by atoms with E-state index in [9.17, 15) is 14.4 Å². The maximum atomic E-state index is 13.2. The Hall–Kier alpha value is -2.25. The normalized spacial score (nSPS) is 33.3. The number of hydrogen-bond acceptors (Lipinski definition) is 5. The van der Waals surface area contributed by atoms with E-state index in [0.717, 1.165) is 23.5 Å². The zero-order valence-corrected chi connectivity index (χ0v) is 16.6. The fourth-order valence-electron chi connectivity index (χ4n) is 6.09. The number of hydrogen-bond donors (Lipinski definition) is 3. The molecule has 4 atom stereocenters. The molecule has 3 amide bonds. The molecule has 1 saturated heterocycles. The molecule has 7 nitrogen and oxygen atoms in total. The van der Waals surface area contributed by atoms with Gasteiger partial charge in [0.1, 0.15) is 6.04 Å². The standard InChI is InChI=1S/C22H28N4O3/c23-12-22(9-13-4-5-16(22)8-13)24-10-14-2-1-3-15-11-26(21(29)19(14)15)17-6-7-18(27)25-20(17)28/h1-3,13,16-17,24H,4-12,23H2,(H,25,27,28). The van der Waals surface area contributed by atoms with Gasteiger partial charge in [-0.3, -0.25) is 19.7 Å². The van der Waals surface area contributed by atoms with Gasteiger partial charge in [0.05, 0.1) is 0 Å². The summed E-state index contributed by atoms with van der Waals surface area (Å²) in [5.74, 6) is 0.665. The Balaban J connectivity index is 1.35. The molecule has 2 aliphatic carbocycles. The molecule has 1 aromatic rings. The van der Waals surface area contributed by atoms with Gasteiger partial charge < -0.3 is 16.0 Å². The number of fused-ring (bicyclic) bond motifs is 3. The maximum absolute atomic E-state index is 13.2. The Labute approximate surface area is 170 Å². The number of carbonyl (C=O) groups excluding carboxylic acids is 3. The van der Waals surface area contributed by atoms with E-state index in [2.05, 4.69) is 10.6 Å². The highest BCUT2D eigenvalue weighted by Gasteiger charge is 2.50. The van der Waals surface area contributed by atoms with Crippen LogP contribution in [0.4, 0.5) is 0 Å². The third-order valence-corrected chi connectivity index (χ3v) is 7.61. The number of amides is 3. The summed E-state index contributed by atoms with van der Waals surface area (Å²) in [6, 6.07) is 5.36. The third kappa shape index (κ3) is 2.99. The van der Waals surface area contributed by atoms with Crippen molar-refractivity contribution in [3.63, 3.8) is 0 Å². The van der Waals surface area contributed by atoms with Gasteiger partial charge in [0.2, 0.25) is 11.8 Å². The smallest absolute Gasteiger partial charge is 0.255 e. The molecule has 2 aliphatic heterocycles. The predicted octanol–water partition coefficient (Wildman–Crippen LogP) is 1.05. The van der Waals surface area contributed by atoms with E-state index in [1.807, 2.05) is 18.2 Å². The van der Waals surface area contributed by atoms with E-state index in [0.29, 0.717) is 37.5 Å². The van der Waals surface area contributed by atoms with Gasteiger partial charge >= 0.3 is 0 Å². The average molecular weight is 396 g/mol. The summed E-state index contributed by atoms with van der Waals surface area (Å²) in [5.41, 5.74) is 8.81. The summed E-state index contributed by atoms with van der Waals surface area (Å²) in [5, 5.41) is 6.09. The van der Waals surface area contributed by atoms with Crippen LogP contribution in [-0.2, 0) is 22.7 Å². The minimum Gasteiger partial charge on any atom is -0.329 e. The Morgan fingerprint density at radius 2 is 2.07 bits per heavy atom. The first-order chi connectivity index (χ1) is 14.0. The fraction of sp³-hybridized carbons (Fsp3) is 0.591. The van der Waals surface area contributed by atoms with Crippen LogP contribution in [0.25, 0.3) is 0 Å². The SMILES string of the molecule is NCC1(NCc2cccc3c2C(=O)N(C2CCC(=O)NC2=O)C3)CC2CCC1C2. The first-order valence-corrected chi connectivity index (χ1v) is 10.7. The minimum atomic E-state index is -0.575. The second kappa shape index (κ2) is 6.92. The molecule has 154 valence electrons. The van der Waals surface area contributed by atoms with Gasteiger partial charge in [-0.2, -0.15) is 0 Å². The second-order valence-corrected chi connectivity index (χ2v) is 9.15. The molecule has 4 unspecified atom stereocenters. The summed E-state index contributed by atoms with van der Waals surface area (Å²) in [4.78, 5) is 38.6. The van der Waals surface area contributed by atoms with Gasteiger partial charge in [-0.1, -0.05) is 24.6 Å². The van der Waals surface area contributed by atoms with Crippen LogP contribution in [0.1, 0.15) is 60.0 Å². The van der Waals surface area contributed by atoms with Crippen LogP contribution in [-0.4, -0.2) is 40.7 Å². The number of piperidine rings is 1. The highest BCUT2D eigenvalue weighted by Crippen LogP contribution is 2.50.